The minimum atomic E-state index is -1.05. The van der Waals surface area contributed by atoms with Crippen molar-refractivity contribution in [1.82, 2.24) is 4.90 Å². The van der Waals surface area contributed by atoms with Crippen molar-refractivity contribution in [3.63, 3.8) is 0 Å². The van der Waals surface area contributed by atoms with E-state index in [0.29, 0.717) is 17.7 Å². The lowest BCUT2D eigenvalue weighted by Gasteiger charge is -2.17. The summed E-state index contributed by atoms with van der Waals surface area (Å²) in [6.07, 6.45) is 2.96. The number of hydrogen-bond donors (Lipinski definition) is 2. The second-order valence-corrected chi connectivity index (χ2v) is 5.55. The molecule has 1 saturated heterocycles. The van der Waals surface area contributed by atoms with Crippen LogP contribution in [0.5, 0.6) is 0 Å². The molecule has 21 heavy (non-hydrogen) atoms. The van der Waals surface area contributed by atoms with E-state index in [4.69, 9.17) is 5.11 Å². The lowest BCUT2D eigenvalue weighted by molar-refractivity contribution is -0.131. The summed E-state index contributed by atoms with van der Waals surface area (Å²) in [4.78, 5) is 12.6. The van der Waals surface area contributed by atoms with Gasteiger partial charge in [0.25, 0.3) is 0 Å². The molecule has 1 aromatic rings. The van der Waals surface area contributed by atoms with Gasteiger partial charge >= 0.3 is 5.97 Å². The third-order valence-electron chi connectivity index (χ3n) is 3.88. The maximum Gasteiger partial charge on any atom is 0.328 e. The number of aliphatic hydroxyl groups excluding tert-OH is 1. The molecule has 0 amide bonds. The Morgan fingerprint density at radius 2 is 2.33 bits per heavy atom. The number of halogens is 1. The standard InChI is InChI=1S/C16H20FNO3/c1-11(19)13-6-7-18(9-13)10-14-4-2-12(8-15(14)17)3-5-16(20)21/h2-5,8,11,13,19H,6-7,9-10H2,1H3,(H,20,21)/b5-3+. The number of carboxylic acids is 1. The van der Waals surface area contributed by atoms with E-state index in [-0.39, 0.29) is 17.8 Å². The second-order valence-electron chi connectivity index (χ2n) is 5.55. The molecule has 2 N–H and O–H groups in total. The van der Waals surface area contributed by atoms with Gasteiger partial charge < -0.3 is 10.2 Å². The summed E-state index contributed by atoms with van der Waals surface area (Å²) in [6.45, 7) is 3.93. The first-order valence-electron chi connectivity index (χ1n) is 7.05. The number of rotatable bonds is 5. The predicted molar refractivity (Wildman–Crippen MR) is 78.1 cm³/mol. The van der Waals surface area contributed by atoms with Crippen molar-refractivity contribution in [2.75, 3.05) is 13.1 Å². The van der Waals surface area contributed by atoms with E-state index in [1.165, 1.54) is 12.1 Å². The quantitative estimate of drug-likeness (QED) is 0.816. The molecule has 114 valence electrons. The number of likely N-dealkylation sites (tertiary alicyclic amines) is 1. The Hall–Kier alpha value is -1.72. The highest BCUT2D eigenvalue weighted by Crippen LogP contribution is 2.22. The van der Waals surface area contributed by atoms with Gasteiger partial charge in [-0.15, -0.1) is 0 Å². The first-order chi connectivity index (χ1) is 9.95. The summed E-state index contributed by atoms with van der Waals surface area (Å²) in [7, 11) is 0. The van der Waals surface area contributed by atoms with Crippen molar-refractivity contribution >= 4 is 12.0 Å². The molecule has 0 bridgehead atoms. The first-order valence-corrected chi connectivity index (χ1v) is 7.05. The van der Waals surface area contributed by atoms with Crippen LogP contribution in [-0.2, 0) is 11.3 Å². The minimum Gasteiger partial charge on any atom is -0.478 e. The molecule has 2 unspecified atom stereocenters. The van der Waals surface area contributed by atoms with Crippen molar-refractivity contribution in [3.05, 3.63) is 41.2 Å². The van der Waals surface area contributed by atoms with Crippen LogP contribution in [0.1, 0.15) is 24.5 Å². The maximum absolute atomic E-state index is 14.0. The lowest BCUT2D eigenvalue weighted by atomic mass is 10.0. The highest BCUT2D eigenvalue weighted by atomic mass is 19.1. The zero-order valence-corrected chi connectivity index (χ0v) is 12.0. The molecule has 1 aromatic carbocycles. The third-order valence-corrected chi connectivity index (χ3v) is 3.88. The number of carboxylic acid groups (broad SMARTS) is 1. The molecule has 1 fully saturated rings. The highest BCUT2D eigenvalue weighted by molar-refractivity contribution is 5.85. The lowest BCUT2D eigenvalue weighted by Crippen LogP contribution is -2.24. The van der Waals surface area contributed by atoms with Crippen molar-refractivity contribution in [2.24, 2.45) is 5.92 Å². The van der Waals surface area contributed by atoms with Crippen LogP contribution in [0.2, 0.25) is 0 Å². The molecule has 5 heteroatoms. The number of aliphatic carboxylic acids is 1. The first kappa shape index (κ1) is 15.7. The zero-order valence-electron chi connectivity index (χ0n) is 12.0. The summed E-state index contributed by atoms with van der Waals surface area (Å²) in [5, 5.41) is 18.1. The van der Waals surface area contributed by atoms with Gasteiger partial charge in [-0.25, -0.2) is 9.18 Å². The van der Waals surface area contributed by atoms with Crippen LogP contribution in [0, 0.1) is 11.7 Å². The molecular formula is C16H20FNO3. The topological polar surface area (TPSA) is 60.8 Å². The molecule has 0 saturated carbocycles. The largest absolute Gasteiger partial charge is 0.478 e. The molecule has 1 aliphatic heterocycles. The van der Waals surface area contributed by atoms with E-state index in [2.05, 4.69) is 4.90 Å². The second kappa shape index (κ2) is 6.83. The normalized spacial score (nSPS) is 21.0. The molecule has 0 radical (unpaired) electrons. The summed E-state index contributed by atoms with van der Waals surface area (Å²) < 4.78 is 14.0. The van der Waals surface area contributed by atoms with Crippen LogP contribution in [0.4, 0.5) is 4.39 Å². The minimum absolute atomic E-state index is 0.255. The smallest absolute Gasteiger partial charge is 0.328 e. The van der Waals surface area contributed by atoms with Crippen LogP contribution >= 0.6 is 0 Å². The SMILES string of the molecule is CC(O)C1CCN(Cc2ccc(/C=C/C(=O)O)cc2F)C1. The van der Waals surface area contributed by atoms with Gasteiger partial charge in [0.2, 0.25) is 0 Å². The molecule has 2 atom stereocenters. The number of nitrogens with zero attached hydrogens (tertiary/aromatic N) is 1. The van der Waals surface area contributed by atoms with Gasteiger partial charge in [0.05, 0.1) is 6.10 Å². The average Bonchev–Trinajstić information content (AvgIpc) is 2.88. The number of hydrogen-bond acceptors (Lipinski definition) is 3. The molecule has 1 heterocycles. The van der Waals surface area contributed by atoms with E-state index >= 15 is 0 Å². The average molecular weight is 293 g/mol. The van der Waals surface area contributed by atoms with Crippen LogP contribution in [0.15, 0.2) is 24.3 Å². The Morgan fingerprint density at radius 3 is 2.90 bits per heavy atom. The Labute approximate surface area is 123 Å². The molecule has 4 nitrogen and oxygen atoms in total. The fourth-order valence-electron chi connectivity index (χ4n) is 2.60. The fraction of sp³-hybridized carbons (Fsp3) is 0.438. The van der Waals surface area contributed by atoms with Gasteiger partial charge in [0.1, 0.15) is 5.82 Å². The number of aliphatic hydroxyl groups is 1. The summed E-state index contributed by atoms with van der Waals surface area (Å²) in [6, 6.07) is 4.74. The molecule has 2 rings (SSSR count). The number of carbonyl (C=O) groups is 1. The number of benzene rings is 1. The van der Waals surface area contributed by atoms with Crippen molar-refractivity contribution in [2.45, 2.75) is 26.0 Å². The third kappa shape index (κ3) is 4.37. The van der Waals surface area contributed by atoms with Gasteiger partial charge in [0.15, 0.2) is 0 Å². The molecule has 0 aromatic heterocycles. The van der Waals surface area contributed by atoms with Crippen molar-refractivity contribution in [1.29, 1.82) is 0 Å². The Balaban J connectivity index is 2.00. The molecular weight excluding hydrogens is 273 g/mol. The monoisotopic (exact) mass is 293 g/mol. The van der Waals surface area contributed by atoms with Crippen molar-refractivity contribution in [3.8, 4) is 0 Å². The van der Waals surface area contributed by atoms with Gasteiger partial charge in [0, 0.05) is 24.7 Å². The van der Waals surface area contributed by atoms with E-state index < -0.39 is 5.97 Å². The summed E-state index contributed by atoms with van der Waals surface area (Å²) in [5.41, 5.74) is 1.12. The molecule has 0 spiro atoms. The Morgan fingerprint density at radius 1 is 1.57 bits per heavy atom. The van der Waals surface area contributed by atoms with Gasteiger partial charge in [-0.1, -0.05) is 12.1 Å². The summed E-state index contributed by atoms with van der Waals surface area (Å²) in [5.74, 6) is -1.13. The zero-order chi connectivity index (χ0) is 15.4. The Bertz CT molecular complexity index is 542. The van der Waals surface area contributed by atoms with E-state index in [1.54, 1.807) is 19.1 Å². The van der Waals surface area contributed by atoms with Crippen LogP contribution in [-0.4, -0.2) is 40.3 Å². The van der Waals surface area contributed by atoms with Gasteiger partial charge in [-0.05, 0) is 43.5 Å². The van der Waals surface area contributed by atoms with Crippen LogP contribution in [0.25, 0.3) is 6.08 Å². The highest BCUT2D eigenvalue weighted by Gasteiger charge is 2.26. The van der Waals surface area contributed by atoms with E-state index in [0.717, 1.165) is 25.6 Å². The van der Waals surface area contributed by atoms with Gasteiger partial charge in [-0.2, -0.15) is 0 Å². The fourth-order valence-corrected chi connectivity index (χ4v) is 2.60. The van der Waals surface area contributed by atoms with Crippen molar-refractivity contribution < 1.29 is 19.4 Å². The van der Waals surface area contributed by atoms with E-state index in [1.807, 2.05) is 0 Å². The molecule has 1 aliphatic rings. The van der Waals surface area contributed by atoms with Crippen LogP contribution in [0.3, 0.4) is 0 Å². The Kier molecular flexibility index (Phi) is 5.09. The predicted octanol–water partition coefficient (Wildman–Crippen LogP) is 2.13. The van der Waals surface area contributed by atoms with Crippen LogP contribution < -0.4 is 0 Å². The van der Waals surface area contributed by atoms with E-state index in [9.17, 15) is 14.3 Å². The summed E-state index contributed by atoms with van der Waals surface area (Å²) >= 11 is 0. The maximum atomic E-state index is 14.0. The molecule has 0 aliphatic carbocycles. The van der Waals surface area contributed by atoms with Gasteiger partial charge in [-0.3, -0.25) is 4.90 Å².